The number of hydrogen-bond donors (Lipinski definition) is 1. The van der Waals surface area contributed by atoms with Crippen LogP contribution in [-0.2, 0) is 14.8 Å². The van der Waals surface area contributed by atoms with E-state index in [1.165, 1.54) is 0 Å². The van der Waals surface area contributed by atoms with Crippen molar-refractivity contribution in [3.63, 3.8) is 0 Å². The van der Waals surface area contributed by atoms with Gasteiger partial charge in [-0.15, -0.1) is 0 Å². The van der Waals surface area contributed by atoms with E-state index in [1.54, 1.807) is 4.31 Å². The molecule has 0 bridgehead atoms. The highest BCUT2D eigenvalue weighted by Gasteiger charge is 2.30. The van der Waals surface area contributed by atoms with E-state index in [0.717, 1.165) is 25.7 Å². The summed E-state index contributed by atoms with van der Waals surface area (Å²) >= 11 is 0. The first kappa shape index (κ1) is 18.4. The number of amides is 1. The molecule has 5 nitrogen and oxygen atoms in total. The van der Waals surface area contributed by atoms with Crippen molar-refractivity contribution in [3.05, 3.63) is 0 Å². The quantitative estimate of drug-likeness (QED) is 0.780. The van der Waals surface area contributed by atoms with E-state index in [1.807, 2.05) is 20.8 Å². The van der Waals surface area contributed by atoms with Crippen LogP contribution in [0.1, 0.15) is 53.4 Å². The zero-order chi connectivity index (χ0) is 16.0. The van der Waals surface area contributed by atoms with E-state index in [2.05, 4.69) is 12.2 Å². The topological polar surface area (TPSA) is 66.5 Å². The number of nitrogens with zero attached hydrogens (tertiary/aromatic N) is 1. The molecule has 0 unspecified atom stereocenters. The minimum atomic E-state index is -3.21. The fraction of sp³-hybridized carbons (Fsp3) is 0.933. The molecule has 124 valence electrons. The van der Waals surface area contributed by atoms with Gasteiger partial charge in [0.25, 0.3) is 0 Å². The summed E-state index contributed by atoms with van der Waals surface area (Å²) in [4.78, 5) is 11.8. The Hall–Kier alpha value is -0.620. The maximum absolute atomic E-state index is 12.4. The van der Waals surface area contributed by atoms with Gasteiger partial charge >= 0.3 is 0 Å². The van der Waals surface area contributed by atoms with Crippen molar-refractivity contribution in [2.45, 2.75) is 59.4 Å². The predicted molar refractivity (Wildman–Crippen MR) is 85.4 cm³/mol. The van der Waals surface area contributed by atoms with Crippen LogP contribution in [-0.4, -0.2) is 43.5 Å². The van der Waals surface area contributed by atoms with Crippen molar-refractivity contribution >= 4 is 15.9 Å². The maximum Gasteiger partial charge on any atom is 0.222 e. The Morgan fingerprint density at radius 3 is 2.57 bits per heavy atom. The number of rotatable bonds is 7. The third-order valence-electron chi connectivity index (χ3n) is 3.92. The zero-order valence-corrected chi connectivity index (χ0v) is 14.6. The molecule has 1 N–H and O–H groups in total. The highest BCUT2D eigenvalue weighted by Crippen LogP contribution is 2.18. The number of nitrogens with one attached hydrogen (secondary N) is 1. The van der Waals surface area contributed by atoms with Crippen LogP contribution in [0.3, 0.4) is 0 Å². The molecular weight excluding hydrogens is 288 g/mol. The van der Waals surface area contributed by atoms with E-state index in [4.69, 9.17) is 0 Å². The molecule has 1 fully saturated rings. The monoisotopic (exact) mass is 318 g/mol. The summed E-state index contributed by atoms with van der Waals surface area (Å²) in [6.45, 7) is 8.75. The fourth-order valence-electron chi connectivity index (χ4n) is 2.72. The van der Waals surface area contributed by atoms with Crippen LogP contribution in [0.2, 0.25) is 0 Å². The molecule has 0 aromatic carbocycles. The van der Waals surface area contributed by atoms with Gasteiger partial charge in [-0.3, -0.25) is 4.79 Å². The number of carbonyl (C=O) groups excluding carboxylic acids is 1. The summed E-state index contributed by atoms with van der Waals surface area (Å²) in [5.74, 6) is 0.330. The SMILES string of the molecule is CCC[C@@H](C)CS(=O)(=O)N1CCC[C@H](NC(=O)C(C)C)C1. The Kier molecular flexibility index (Phi) is 7.13. The number of piperidine rings is 1. The van der Waals surface area contributed by atoms with Crippen molar-refractivity contribution in [3.8, 4) is 0 Å². The largest absolute Gasteiger partial charge is 0.352 e. The minimum Gasteiger partial charge on any atom is -0.352 e. The van der Waals surface area contributed by atoms with Crippen LogP contribution in [0.15, 0.2) is 0 Å². The lowest BCUT2D eigenvalue weighted by Crippen LogP contribution is -2.51. The van der Waals surface area contributed by atoms with Crippen molar-refractivity contribution in [1.29, 1.82) is 0 Å². The lowest BCUT2D eigenvalue weighted by atomic mass is 10.1. The summed E-state index contributed by atoms with van der Waals surface area (Å²) < 4.78 is 26.5. The molecule has 0 radical (unpaired) electrons. The van der Waals surface area contributed by atoms with Gasteiger partial charge in [-0.2, -0.15) is 4.31 Å². The third kappa shape index (κ3) is 5.94. The average Bonchev–Trinajstić information content (AvgIpc) is 2.38. The van der Waals surface area contributed by atoms with Gasteiger partial charge in [0.2, 0.25) is 15.9 Å². The van der Waals surface area contributed by atoms with Crippen molar-refractivity contribution in [2.24, 2.45) is 11.8 Å². The van der Waals surface area contributed by atoms with Gasteiger partial charge in [-0.25, -0.2) is 8.42 Å². The number of sulfonamides is 1. The highest BCUT2D eigenvalue weighted by molar-refractivity contribution is 7.89. The van der Waals surface area contributed by atoms with Gasteiger partial charge in [-0.05, 0) is 25.2 Å². The molecule has 6 heteroatoms. The first-order valence-electron chi connectivity index (χ1n) is 8.04. The molecule has 0 aromatic rings. The van der Waals surface area contributed by atoms with E-state index < -0.39 is 10.0 Å². The fourth-order valence-corrected chi connectivity index (χ4v) is 4.63. The van der Waals surface area contributed by atoms with Crippen LogP contribution in [0, 0.1) is 11.8 Å². The molecule has 1 aliphatic heterocycles. The van der Waals surface area contributed by atoms with E-state index >= 15 is 0 Å². The Morgan fingerprint density at radius 2 is 2.00 bits per heavy atom. The Bertz CT molecular complexity index is 434. The zero-order valence-electron chi connectivity index (χ0n) is 13.8. The van der Waals surface area contributed by atoms with Gasteiger partial charge < -0.3 is 5.32 Å². The number of hydrogen-bond acceptors (Lipinski definition) is 3. The second kappa shape index (κ2) is 8.13. The first-order chi connectivity index (χ1) is 9.76. The lowest BCUT2D eigenvalue weighted by molar-refractivity contribution is -0.124. The molecule has 1 aliphatic rings. The standard InChI is InChI=1S/C15H30N2O3S/c1-5-7-13(4)11-21(19,20)17-9-6-8-14(10-17)16-15(18)12(2)3/h12-14H,5-11H2,1-4H3,(H,16,18)/t13-,14+/m1/s1. The van der Waals surface area contributed by atoms with Crippen molar-refractivity contribution in [1.82, 2.24) is 9.62 Å². The van der Waals surface area contributed by atoms with Gasteiger partial charge in [0.1, 0.15) is 0 Å². The second-order valence-electron chi connectivity index (χ2n) is 6.53. The van der Waals surface area contributed by atoms with Crippen LogP contribution in [0.5, 0.6) is 0 Å². The summed E-state index contributed by atoms with van der Waals surface area (Å²) in [7, 11) is -3.21. The van der Waals surface area contributed by atoms with Crippen LogP contribution < -0.4 is 5.32 Å². The predicted octanol–water partition coefficient (Wildman–Crippen LogP) is 1.99. The van der Waals surface area contributed by atoms with E-state index in [0.29, 0.717) is 13.1 Å². The maximum atomic E-state index is 12.4. The summed E-state index contributed by atoms with van der Waals surface area (Å²) in [5.41, 5.74) is 0. The molecule has 0 spiro atoms. The van der Waals surface area contributed by atoms with Crippen LogP contribution >= 0.6 is 0 Å². The second-order valence-corrected chi connectivity index (χ2v) is 8.55. The summed E-state index contributed by atoms with van der Waals surface area (Å²) in [5, 5.41) is 2.95. The van der Waals surface area contributed by atoms with Crippen LogP contribution in [0.4, 0.5) is 0 Å². The third-order valence-corrected chi connectivity index (χ3v) is 6.03. The Balaban J connectivity index is 2.60. The molecule has 1 saturated heterocycles. The highest BCUT2D eigenvalue weighted by atomic mass is 32.2. The minimum absolute atomic E-state index is 0.00130. The molecule has 1 rings (SSSR count). The van der Waals surface area contributed by atoms with Gasteiger partial charge in [-0.1, -0.05) is 34.1 Å². The molecule has 0 aliphatic carbocycles. The van der Waals surface area contributed by atoms with E-state index in [-0.39, 0.29) is 29.5 Å². The molecule has 21 heavy (non-hydrogen) atoms. The van der Waals surface area contributed by atoms with Crippen LogP contribution in [0.25, 0.3) is 0 Å². The van der Waals surface area contributed by atoms with Crippen molar-refractivity contribution < 1.29 is 13.2 Å². The smallest absolute Gasteiger partial charge is 0.222 e. The van der Waals surface area contributed by atoms with Gasteiger partial charge in [0.05, 0.1) is 5.75 Å². The molecule has 2 atom stereocenters. The Morgan fingerprint density at radius 1 is 1.33 bits per heavy atom. The summed E-state index contributed by atoms with van der Waals surface area (Å²) in [6, 6.07) is -0.0510. The Labute approximate surface area is 129 Å². The normalized spacial score (nSPS) is 22.2. The van der Waals surface area contributed by atoms with Crippen molar-refractivity contribution in [2.75, 3.05) is 18.8 Å². The molecule has 0 aromatic heterocycles. The molecule has 1 amide bonds. The number of carbonyl (C=O) groups is 1. The van der Waals surface area contributed by atoms with E-state index in [9.17, 15) is 13.2 Å². The molecular formula is C15H30N2O3S. The lowest BCUT2D eigenvalue weighted by Gasteiger charge is -2.33. The summed E-state index contributed by atoms with van der Waals surface area (Å²) in [6.07, 6.45) is 3.60. The average molecular weight is 318 g/mol. The first-order valence-corrected chi connectivity index (χ1v) is 9.65. The molecule has 1 heterocycles. The van der Waals surface area contributed by atoms with Gasteiger partial charge in [0, 0.05) is 25.0 Å². The molecule has 0 saturated carbocycles. The van der Waals surface area contributed by atoms with Gasteiger partial charge in [0.15, 0.2) is 0 Å².